The lowest BCUT2D eigenvalue weighted by atomic mass is 10.1. The number of aliphatic carboxylic acids is 1. The fourth-order valence-electron chi connectivity index (χ4n) is 1.04. The van der Waals surface area contributed by atoms with E-state index in [1.165, 1.54) is 0 Å². The van der Waals surface area contributed by atoms with Gasteiger partial charge in [-0.15, -0.1) is 0 Å². The summed E-state index contributed by atoms with van der Waals surface area (Å²) in [6.07, 6.45) is 0.127. The minimum absolute atomic E-state index is 0.127. The minimum Gasteiger partial charge on any atom is -0.507 e. The van der Waals surface area contributed by atoms with Crippen LogP contribution in [0.5, 0.6) is 0 Å². The number of carbonyl (C=O) groups is 2. The molecule has 0 saturated carbocycles. The van der Waals surface area contributed by atoms with Crippen LogP contribution < -0.4 is 0 Å². The molecule has 0 amide bonds. The summed E-state index contributed by atoms with van der Waals surface area (Å²) in [5, 5.41) is 17.4. The maximum atomic E-state index is 13.1. The fraction of sp³-hybridized carbons (Fsp3) is 0. The highest BCUT2D eigenvalue weighted by atomic mass is 19.1. The number of halogens is 3. The number of aliphatic hydroxyl groups is 1. The normalized spacial score (nSPS) is 11.4. The number of carboxylic acids is 1. The van der Waals surface area contributed by atoms with Crippen LogP contribution in [0.1, 0.15) is 5.56 Å². The predicted octanol–water partition coefficient (Wildman–Crippen LogP) is 1.66. The van der Waals surface area contributed by atoms with E-state index in [0.717, 1.165) is 0 Å². The van der Waals surface area contributed by atoms with Crippen LogP contribution in [0.3, 0.4) is 0 Å². The summed E-state index contributed by atoms with van der Waals surface area (Å²) in [7, 11) is 0. The number of benzene rings is 1. The Labute approximate surface area is 92.6 Å². The number of ketones is 1. The molecule has 0 aliphatic heterocycles. The summed E-state index contributed by atoms with van der Waals surface area (Å²) in [5.41, 5.74) is -1.07. The van der Waals surface area contributed by atoms with Gasteiger partial charge in [-0.3, -0.25) is 4.79 Å². The molecule has 1 aromatic rings. The molecule has 1 rings (SSSR count). The Bertz CT molecular complexity index is 499. The van der Waals surface area contributed by atoms with Crippen molar-refractivity contribution in [1.82, 2.24) is 0 Å². The number of rotatable bonds is 3. The second-order valence-electron chi connectivity index (χ2n) is 2.94. The molecule has 0 atom stereocenters. The molecular formula is C10H5F3O4. The lowest BCUT2D eigenvalue weighted by Gasteiger charge is -2.03. The van der Waals surface area contributed by atoms with Crippen molar-refractivity contribution in [3.63, 3.8) is 0 Å². The molecule has 1 aromatic carbocycles. The van der Waals surface area contributed by atoms with Crippen LogP contribution >= 0.6 is 0 Å². The Morgan fingerprint density at radius 3 is 1.94 bits per heavy atom. The second kappa shape index (κ2) is 4.69. The topological polar surface area (TPSA) is 74.6 Å². The van der Waals surface area contributed by atoms with Gasteiger partial charge in [-0.1, -0.05) is 0 Å². The van der Waals surface area contributed by atoms with Gasteiger partial charge in [-0.05, 0) is 0 Å². The van der Waals surface area contributed by atoms with Crippen molar-refractivity contribution in [3.05, 3.63) is 41.2 Å². The molecule has 0 heterocycles. The quantitative estimate of drug-likeness (QED) is 0.483. The molecule has 90 valence electrons. The van der Waals surface area contributed by atoms with E-state index >= 15 is 0 Å². The van der Waals surface area contributed by atoms with E-state index in [-0.39, 0.29) is 18.2 Å². The minimum atomic E-state index is -1.90. The molecule has 7 heteroatoms. The maximum Gasteiger partial charge on any atom is 0.376 e. The molecular weight excluding hydrogens is 241 g/mol. The first-order chi connectivity index (χ1) is 7.82. The Hall–Kier alpha value is -2.31. The van der Waals surface area contributed by atoms with Gasteiger partial charge >= 0.3 is 5.97 Å². The third-order valence-electron chi connectivity index (χ3n) is 1.74. The molecule has 17 heavy (non-hydrogen) atoms. The zero-order valence-electron chi connectivity index (χ0n) is 8.08. The Balaban J connectivity index is 3.26. The van der Waals surface area contributed by atoms with Crippen LogP contribution in [0.2, 0.25) is 0 Å². The third kappa shape index (κ3) is 2.83. The van der Waals surface area contributed by atoms with Crippen LogP contribution in [0.15, 0.2) is 18.2 Å². The monoisotopic (exact) mass is 246 g/mol. The van der Waals surface area contributed by atoms with E-state index in [1.54, 1.807) is 0 Å². The second-order valence-corrected chi connectivity index (χ2v) is 2.94. The molecule has 0 bridgehead atoms. The van der Waals surface area contributed by atoms with Gasteiger partial charge < -0.3 is 10.2 Å². The first kappa shape index (κ1) is 12.8. The van der Waals surface area contributed by atoms with E-state index in [2.05, 4.69) is 0 Å². The first-order valence-electron chi connectivity index (χ1n) is 4.15. The highest BCUT2D eigenvalue weighted by Crippen LogP contribution is 2.21. The first-order valence-corrected chi connectivity index (χ1v) is 4.15. The number of hydrogen-bond acceptors (Lipinski definition) is 3. The van der Waals surface area contributed by atoms with Gasteiger partial charge in [0.1, 0.15) is 23.2 Å². The van der Waals surface area contributed by atoms with E-state index < -0.39 is 40.5 Å². The molecule has 0 aromatic heterocycles. The van der Waals surface area contributed by atoms with Crippen LogP contribution in [-0.4, -0.2) is 22.0 Å². The molecule has 0 radical (unpaired) electrons. The molecule has 0 aliphatic carbocycles. The summed E-state index contributed by atoms with van der Waals surface area (Å²) in [4.78, 5) is 20.8. The molecule has 4 nitrogen and oxygen atoms in total. The summed E-state index contributed by atoms with van der Waals surface area (Å²) in [6.45, 7) is 0. The van der Waals surface area contributed by atoms with Gasteiger partial charge in [-0.25, -0.2) is 18.0 Å². The highest BCUT2D eigenvalue weighted by Gasteiger charge is 2.18. The zero-order chi connectivity index (χ0) is 13.2. The van der Waals surface area contributed by atoms with Crippen molar-refractivity contribution < 1.29 is 33.0 Å². The van der Waals surface area contributed by atoms with Gasteiger partial charge in [0, 0.05) is 18.2 Å². The Kier molecular flexibility index (Phi) is 3.52. The smallest absolute Gasteiger partial charge is 0.376 e. The molecule has 0 unspecified atom stereocenters. The average Bonchev–Trinajstić information content (AvgIpc) is 2.15. The van der Waals surface area contributed by atoms with Crippen molar-refractivity contribution in [2.45, 2.75) is 0 Å². The van der Waals surface area contributed by atoms with E-state index in [0.29, 0.717) is 0 Å². The van der Waals surface area contributed by atoms with Gasteiger partial charge in [-0.2, -0.15) is 0 Å². The zero-order valence-corrected chi connectivity index (χ0v) is 8.08. The largest absolute Gasteiger partial charge is 0.507 e. The molecule has 0 saturated heterocycles. The predicted molar refractivity (Wildman–Crippen MR) is 49.6 cm³/mol. The third-order valence-corrected chi connectivity index (χ3v) is 1.74. The van der Waals surface area contributed by atoms with Crippen LogP contribution in [0.4, 0.5) is 13.2 Å². The summed E-state index contributed by atoms with van der Waals surface area (Å²) in [5.74, 6) is -8.80. The number of aliphatic hydroxyl groups excluding tert-OH is 1. The van der Waals surface area contributed by atoms with E-state index in [9.17, 15) is 22.8 Å². The van der Waals surface area contributed by atoms with Gasteiger partial charge in [0.25, 0.3) is 5.78 Å². The van der Waals surface area contributed by atoms with Crippen LogP contribution in [0, 0.1) is 17.5 Å². The van der Waals surface area contributed by atoms with Crippen LogP contribution in [-0.2, 0) is 9.59 Å². The molecule has 2 N–H and O–H groups in total. The standard InChI is InChI=1S/C10H5F3O4/c11-4-1-5(12)9(6(13)2-4)7(14)3-8(15)10(16)17/h1-3,14H,(H,16,17)/b7-3-. The Morgan fingerprint density at radius 2 is 1.53 bits per heavy atom. The average molecular weight is 246 g/mol. The SMILES string of the molecule is O=C(O)C(=O)/C=C(\O)c1c(F)cc(F)cc1F. The lowest BCUT2D eigenvalue weighted by molar-refractivity contribution is -0.146. The van der Waals surface area contributed by atoms with Crippen LogP contribution in [0.25, 0.3) is 5.76 Å². The summed E-state index contributed by atoms with van der Waals surface area (Å²) < 4.78 is 38.7. The number of hydrogen-bond donors (Lipinski definition) is 2. The van der Waals surface area contributed by atoms with Crippen molar-refractivity contribution in [2.24, 2.45) is 0 Å². The number of carboxylic acid groups (broad SMARTS) is 1. The maximum absolute atomic E-state index is 13.1. The van der Waals surface area contributed by atoms with Gasteiger partial charge in [0.05, 0.1) is 5.56 Å². The van der Waals surface area contributed by atoms with E-state index in [4.69, 9.17) is 10.2 Å². The number of carbonyl (C=O) groups excluding carboxylic acids is 1. The van der Waals surface area contributed by atoms with E-state index in [1.807, 2.05) is 0 Å². The van der Waals surface area contributed by atoms with Gasteiger partial charge in [0.15, 0.2) is 0 Å². The molecule has 0 aliphatic rings. The van der Waals surface area contributed by atoms with Crippen molar-refractivity contribution in [3.8, 4) is 0 Å². The molecule has 0 spiro atoms. The van der Waals surface area contributed by atoms with Crippen molar-refractivity contribution >= 4 is 17.5 Å². The molecule has 0 fully saturated rings. The summed E-state index contributed by atoms with van der Waals surface area (Å²) >= 11 is 0. The fourth-order valence-corrected chi connectivity index (χ4v) is 1.04. The lowest BCUT2D eigenvalue weighted by Crippen LogP contribution is -2.10. The van der Waals surface area contributed by atoms with Gasteiger partial charge in [0.2, 0.25) is 0 Å². The highest BCUT2D eigenvalue weighted by molar-refractivity contribution is 6.38. The Morgan fingerprint density at radius 1 is 1.06 bits per heavy atom. The van der Waals surface area contributed by atoms with Crippen molar-refractivity contribution in [2.75, 3.05) is 0 Å². The van der Waals surface area contributed by atoms with Crippen molar-refractivity contribution in [1.29, 1.82) is 0 Å². The summed E-state index contributed by atoms with van der Waals surface area (Å²) in [6, 6.07) is 0.571.